The highest BCUT2D eigenvalue weighted by Crippen LogP contribution is 2.36. The number of aromatic nitrogens is 2. The number of hydrogen-bond donors (Lipinski definition) is 1. The molecule has 3 heterocycles. The van der Waals surface area contributed by atoms with Gasteiger partial charge in [0.2, 0.25) is 0 Å². The number of halogens is 1. The van der Waals surface area contributed by atoms with Crippen molar-refractivity contribution in [2.45, 2.75) is 19.4 Å². The maximum atomic E-state index is 5.94. The highest BCUT2D eigenvalue weighted by Gasteiger charge is 2.40. The molecule has 4 rings (SSSR count). The quantitative estimate of drug-likeness (QED) is 0.945. The first-order valence-electron chi connectivity index (χ1n) is 7.95. The van der Waals surface area contributed by atoms with Gasteiger partial charge < -0.3 is 5.32 Å². The molecule has 1 N–H and O–H groups in total. The molecule has 1 aromatic carbocycles. The van der Waals surface area contributed by atoms with Gasteiger partial charge >= 0.3 is 0 Å². The molecule has 0 saturated carbocycles. The summed E-state index contributed by atoms with van der Waals surface area (Å²) in [5.41, 5.74) is 2.86. The monoisotopic (exact) mass is 316 g/mol. The number of likely N-dealkylation sites (tertiary alicyclic amines) is 1. The van der Waals surface area contributed by atoms with E-state index in [1.54, 1.807) is 0 Å². The van der Waals surface area contributed by atoms with E-state index in [2.05, 4.69) is 21.5 Å². The van der Waals surface area contributed by atoms with Gasteiger partial charge in [0, 0.05) is 36.4 Å². The topological polar surface area (TPSA) is 33.1 Å². The normalized spacial score (nSPS) is 25.3. The third-order valence-corrected chi connectivity index (χ3v) is 5.23. The van der Waals surface area contributed by atoms with Crippen molar-refractivity contribution in [2.75, 3.05) is 26.2 Å². The molecule has 1 aromatic heterocycles. The van der Waals surface area contributed by atoms with E-state index in [1.165, 1.54) is 44.6 Å². The molecule has 1 unspecified atom stereocenters. The van der Waals surface area contributed by atoms with Crippen LogP contribution >= 0.6 is 11.6 Å². The zero-order chi connectivity index (χ0) is 15.0. The average Bonchev–Trinajstić information content (AvgIpc) is 3.24. The SMILES string of the molecule is Clc1ccc(-n2cc(CN3CCC4(CCNC4)C3)cn2)cc1. The van der Waals surface area contributed by atoms with E-state index in [0.717, 1.165) is 17.3 Å². The summed E-state index contributed by atoms with van der Waals surface area (Å²) in [6, 6.07) is 7.79. The lowest BCUT2D eigenvalue weighted by Gasteiger charge is -2.22. The molecule has 2 aliphatic rings. The number of rotatable bonds is 3. The van der Waals surface area contributed by atoms with E-state index < -0.39 is 0 Å². The third-order valence-electron chi connectivity index (χ3n) is 4.98. The number of hydrogen-bond acceptors (Lipinski definition) is 3. The number of nitrogens with zero attached hydrogens (tertiary/aromatic N) is 3. The minimum absolute atomic E-state index is 0.534. The molecule has 4 nitrogen and oxygen atoms in total. The van der Waals surface area contributed by atoms with Gasteiger partial charge in [0.1, 0.15) is 0 Å². The van der Waals surface area contributed by atoms with Crippen LogP contribution in [0.4, 0.5) is 0 Å². The van der Waals surface area contributed by atoms with Crippen LogP contribution < -0.4 is 5.32 Å². The Morgan fingerprint density at radius 2 is 2.09 bits per heavy atom. The van der Waals surface area contributed by atoms with Gasteiger partial charge in [-0.25, -0.2) is 4.68 Å². The summed E-state index contributed by atoms with van der Waals surface area (Å²) in [6.07, 6.45) is 6.76. The van der Waals surface area contributed by atoms with Gasteiger partial charge in [0.15, 0.2) is 0 Å². The Kier molecular flexibility index (Phi) is 3.68. The summed E-state index contributed by atoms with van der Waals surface area (Å²) in [5.74, 6) is 0. The summed E-state index contributed by atoms with van der Waals surface area (Å²) >= 11 is 5.94. The van der Waals surface area contributed by atoms with Gasteiger partial charge in [0.05, 0.1) is 11.9 Å². The van der Waals surface area contributed by atoms with Crippen molar-refractivity contribution in [1.29, 1.82) is 0 Å². The van der Waals surface area contributed by atoms with Crippen LogP contribution in [0, 0.1) is 5.41 Å². The van der Waals surface area contributed by atoms with Crippen LogP contribution in [0.5, 0.6) is 0 Å². The second-order valence-corrected chi connectivity index (χ2v) is 7.09. The summed E-state index contributed by atoms with van der Waals surface area (Å²) in [5, 5.41) is 8.75. The standard InChI is InChI=1S/C17H21ClN4/c18-15-1-3-16(4-2-15)22-11-14(9-20-22)10-21-8-6-17(13-21)5-7-19-12-17/h1-4,9,11,19H,5-8,10,12-13H2. The second kappa shape index (κ2) is 5.69. The summed E-state index contributed by atoms with van der Waals surface area (Å²) in [6.45, 7) is 5.78. The van der Waals surface area contributed by atoms with Gasteiger partial charge in [-0.1, -0.05) is 11.6 Å². The van der Waals surface area contributed by atoms with E-state index in [0.29, 0.717) is 5.41 Å². The Labute approximate surface area is 136 Å². The number of nitrogens with one attached hydrogen (secondary N) is 1. The average molecular weight is 317 g/mol. The molecular formula is C17H21ClN4. The lowest BCUT2D eigenvalue weighted by Crippen LogP contribution is -2.28. The molecule has 22 heavy (non-hydrogen) atoms. The molecule has 2 aliphatic heterocycles. The van der Waals surface area contributed by atoms with Crippen LogP contribution in [-0.2, 0) is 6.54 Å². The van der Waals surface area contributed by atoms with Crippen molar-refractivity contribution in [3.63, 3.8) is 0 Å². The van der Waals surface area contributed by atoms with E-state index in [9.17, 15) is 0 Å². The molecule has 0 amide bonds. The molecule has 0 radical (unpaired) electrons. The largest absolute Gasteiger partial charge is 0.316 e. The van der Waals surface area contributed by atoms with Crippen LogP contribution in [-0.4, -0.2) is 40.9 Å². The van der Waals surface area contributed by atoms with Crippen molar-refractivity contribution in [2.24, 2.45) is 5.41 Å². The molecule has 2 fully saturated rings. The molecule has 5 heteroatoms. The maximum Gasteiger partial charge on any atom is 0.0646 e. The molecule has 1 atom stereocenters. The Hall–Kier alpha value is -1.36. The smallest absolute Gasteiger partial charge is 0.0646 e. The fourth-order valence-electron chi connectivity index (χ4n) is 3.74. The molecule has 2 aromatic rings. The summed E-state index contributed by atoms with van der Waals surface area (Å²) in [7, 11) is 0. The molecule has 2 saturated heterocycles. The summed E-state index contributed by atoms with van der Waals surface area (Å²) < 4.78 is 1.93. The third kappa shape index (κ3) is 2.78. The van der Waals surface area contributed by atoms with Crippen molar-refractivity contribution >= 4 is 11.6 Å². The molecule has 0 bridgehead atoms. The van der Waals surface area contributed by atoms with E-state index in [4.69, 9.17) is 11.6 Å². The van der Waals surface area contributed by atoms with Crippen molar-refractivity contribution < 1.29 is 0 Å². The first-order valence-corrected chi connectivity index (χ1v) is 8.33. The lowest BCUT2D eigenvalue weighted by atomic mass is 9.87. The molecule has 1 spiro atoms. The van der Waals surface area contributed by atoms with E-state index in [1.807, 2.05) is 35.1 Å². The minimum atomic E-state index is 0.534. The Bertz CT molecular complexity index is 643. The zero-order valence-corrected chi connectivity index (χ0v) is 13.4. The van der Waals surface area contributed by atoms with Crippen LogP contribution in [0.25, 0.3) is 5.69 Å². The first kappa shape index (κ1) is 14.2. The Balaban J connectivity index is 1.43. The lowest BCUT2D eigenvalue weighted by molar-refractivity contribution is 0.268. The van der Waals surface area contributed by atoms with Crippen molar-refractivity contribution in [3.8, 4) is 5.69 Å². The van der Waals surface area contributed by atoms with Gasteiger partial charge in [0.25, 0.3) is 0 Å². The highest BCUT2D eigenvalue weighted by molar-refractivity contribution is 6.30. The Morgan fingerprint density at radius 3 is 2.86 bits per heavy atom. The van der Waals surface area contributed by atoms with Gasteiger partial charge in [-0.15, -0.1) is 0 Å². The van der Waals surface area contributed by atoms with Crippen LogP contribution in [0.15, 0.2) is 36.7 Å². The van der Waals surface area contributed by atoms with E-state index in [-0.39, 0.29) is 0 Å². The van der Waals surface area contributed by atoms with Crippen molar-refractivity contribution in [1.82, 2.24) is 20.0 Å². The van der Waals surface area contributed by atoms with Crippen molar-refractivity contribution in [3.05, 3.63) is 47.2 Å². The highest BCUT2D eigenvalue weighted by atomic mass is 35.5. The minimum Gasteiger partial charge on any atom is -0.316 e. The Morgan fingerprint density at radius 1 is 1.23 bits per heavy atom. The first-order chi connectivity index (χ1) is 10.7. The predicted octanol–water partition coefficient (Wildman–Crippen LogP) is 2.71. The predicted molar refractivity (Wildman–Crippen MR) is 88.4 cm³/mol. The molecule has 0 aliphatic carbocycles. The van der Waals surface area contributed by atoms with Crippen LogP contribution in [0.1, 0.15) is 18.4 Å². The van der Waals surface area contributed by atoms with E-state index >= 15 is 0 Å². The van der Waals surface area contributed by atoms with Gasteiger partial charge in [-0.3, -0.25) is 4.90 Å². The number of benzene rings is 1. The fourth-order valence-corrected chi connectivity index (χ4v) is 3.87. The maximum absolute atomic E-state index is 5.94. The molecular weight excluding hydrogens is 296 g/mol. The fraction of sp³-hybridized carbons (Fsp3) is 0.471. The van der Waals surface area contributed by atoms with Crippen LogP contribution in [0.3, 0.4) is 0 Å². The van der Waals surface area contributed by atoms with Gasteiger partial charge in [-0.05, 0) is 55.6 Å². The molecule has 116 valence electrons. The van der Waals surface area contributed by atoms with Crippen LogP contribution in [0.2, 0.25) is 5.02 Å². The van der Waals surface area contributed by atoms with Gasteiger partial charge in [-0.2, -0.15) is 5.10 Å². The zero-order valence-electron chi connectivity index (χ0n) is 12.6. The summed E-state index contributed by atoms with van der Waals surface area (Å²) in [4.78, 5) is 2.57. The second-order valence-electron chi connectivity index (χ2n) is 6.66.